The summed E-state index contributed by atoms with van der Waals surface area (Å²) in [6, 6.07) is 2.22. The number of amides is 1. The van der Waals surface area contributed by atoms with Crippen LogP contribution in [0, 0.1) is 10.1 Å². The van der Waals surface area contributed by atoms with E-state index in [1.54, 1.807) is 6.92 Å². The van der Waals surface area contributed by atoms with Gasteiger partial charge in [-0.2, -0.15) is 0 Å². The number of nitrogens with zero attached hydrogens (tertiary/aromatic N) is 1. The highest BCUT2D eigenvalue weighted by atomic mass is 16.6. The van der Waals surface area contributed by atoms with Gasteiger partial charge in [0.15, 0.2) is 0 Å². The molecule has 1 atom stereocenters. The van der Waals surface area contributed by atoms with Gasteiger partial charge in [0.05, 0.1) is 18.7 Å². The summed E-state index contributed by atoms with van der Waals surface area (Å²) < 4.78 is 4.86. The molecule has 0 fully saturated rings. The van der Waals surface area contributed by atoms with Crippen LogP contribution in [0.3, 0.4) is 0 Å². The molecule has 7 nitrogen and oxygen atoms in total. The van der Waals surface area contributed by atoms with Gasteiger partial charge in [0, 0.05) is 0 Å². The lowest BCUT2D eigenvalue weighted by atomic mass is 10.3. The number of hydrogen-bond acceptors (Lipinski definition) is 5. The van der Waals surface area contributed by atoms with E-state index in [1.165, 1.54) is 12.1 Å². The summed E-state index contributed by atoms with van der Waals surface area (Å²) in [4.78, 5) is 20.3. The summed E-state index contributed by atoms with van der Waals surface area (Å²) in [7, 11) is 0. The quantitative estimate of drug-likeness (QED) is 0.534. The molecular weight excluding hydrogens is 202 g/mol. The Morgan fingerprint density at radius 2 is 2.40 bits per heavy atom. The van der Waals surface area contributed by atoms with E-state index in [4.69, 9.17) is 10.2 Å². The maximum atomic E-state index is 10.7. The zero-order valence-corrected chi connectivity index (χ0v) is 8.10. The number of rotatable bonds is 5. The molecule has 0 saturated carbocycles. The average molecular weight is 213 g/mol. The van der Waals surface area contributed by atoms with Crippen molar-refractivity contribution in [3.8, 4) is 0 Å². The molecule has 1 rings (SSSR count). The number of nitrogens with two attached hydrogens (primary N) is 1. The summed E-state index contributed by atoms with van der Waals surface area (Å²) in [5.74, 6) is -0.426. The molecule has 1 heterocycles. The second-order valence-corrected chi connectivity index (χ2v) is 3.00. The normalized spacial score (nSPS) is 12.3. The molecule has 7 heteroatoms. The fourth-order valence-corrected chi connectivity index (χ4v) is 0.914. The van der Waals surface area contributed by atoms with E-state index in [2.05, 4.69) is 5.32 Å². The van der Waals surface area contributed by atoms with Crippen molar-refractivity contribution >= 4 is 11.8 Å². The topological polar surface area (TPSA) is 111 Å². The maximum absolute atomic E-state index is 10.7. The first kappa shape index (κ1) is 11.2. The molecule has 0 spiro atoms. The number of nitrogens with one attached hydrogen (secondary N) is 1. The van der Waals surface area contributed by atoms with Crippen LogP contribution in [0.4, 0.5) is 5.88 Å². The van der Waals surface area contributed by atoms with E-state index < -0.39 is 16.9 Å². The van der Waals surface area contributed by atoms with Crippen LogP contribution < -0.4 is 11.1 Å². The third kappa shape index (κ3) is 3.06. The van der Waals surface area contributed by atoms with Crippen molar-refractivity contribution in [2.45, 2.75) is 19.5 Å². The van der Waals surface area contributed by atoms with Gasteiger partial charge in [-0.05, 0) is 13.0 Å². The van der Waals surface area contributed by atoms with Crippen molar-refractivity contribution in [1.29, 1.82) is 0 Å². The van der Waals surface area contributed by atoms with E-state index in [1.807, 2.05) is 0 Å². The molecule has 1 amide bonds. The number of nitro groups is 1. The van der Waals surface area contributed by atoms with Crippen LogP contribution in [0.25, 0.3) is 0 Å². The maximum Gasteiger partial charge on any atom is 0.433 e. The Labute approximate surface area is 85.4 Å². The largest absolute Gasteiger partial charge is 0.433 e. The monoisotopic (exact) mass is 213 g/mol. The number of primary amides is 1. The van der Waals surface area contributed by atoms with Crippen LogP contribution in [0.5, 0.6) is 0 Å². The number of furan rings is 1. The van der Waals surface area contributed by atoms with Crippen molar-refractivity contribution < 1.29 is 14.1 Å². The fourth-order valence-electron chi connectivity index (χ4n) is 0.914. The molecule has 15 heavy (non-hydrogen) atoms. The third-order valence-corrected chi connectivity index (χ3v) is 1.84. The van der Waals surface area contributed by atoms with Crippen molar-refractivity contribution in [1.82, 2.24) is 5.32 Å². The van der Waals surface area contributed by atoms with E-state index >= 15 is 0 Å². The van der Waals surface area contributed by atoms with Gasteiger partial charge in [0.1, 0.15) is 10.7 Å². The summed E-state index contributed by atoms with van der Waals surface area (Å²) in [5, 5.41) is 13.0. The van der Waals surface area contributed by atoms with Crippen LogP contribution in [0.1, 0.15) is 12.7 Å². The SMILES string of the molecule is CC(NCc1ccc([N+](=O)[O-])o1)C(N)=O. The standard InChI is InChI=1S/C8H11N3O4/c1-5(8(9)12)10-4-6-2-3-7(15-6)11(13)14/h2-3,5,10H,4H2,1H3,(H2,9,12). The highest BCUT2D eigenvalue weighted by Gasteiger charge is 2.13. The first-order valence-corrected chi connectivity index (χ1v) is 4.26. The molecule has 1 aromatic rings. The first-order chi connectivity index (χ1) is 7.00. The highest BCUT2D eigenvalue weighted by molar-refractivity contribution is 5.79. The predicted molar refractivity (Wildman–Crippen MR) is 50.9 cm³/mol. The minimum atomic E-state index is -0.624. The zero-order valence-electron chi connectivity index (χ0n) is 8.10. The smallest absolute Gasteiger partial charge is 0.404 e. The van der Waals surface area contributed by atoms with Crippen LogP contribution >= 0.6 is 0 Å². The number of hydrogen-bond donors (Lipinski definition) is 2. The minimum absolute atomic E-state index is 0.220. The van der Waals surface area contributed by atoms with Crippen molar-refractivity contribution in [3.05, 3.63) is 28.0 Å². The molecule has 0 radical (unpaired) electrons. The lowest BCUT2D eigenvalue weighted by Crippen LogP contribution is -2.38. The average Bonchev–Trinajstić information content (AvgIpc) is 2.62. The second kappa shape index (κ2) is 4.56. The molecule has 0 aliphatic rings. The number of carbonyl (C=O) groups excluding carboxylic acids is 1. The minimum Gasteiger partial charge on any atom is -0.404 e. The van der Waals surface area contributed by atoms with E-state index in [9.17, 15) is 14.9 Å². The van der Waals surface area contributed by atoms with E-state index in [0.29, 0.717) is 5.76 Å². The molecule has 3 N–H and O–H groups in total. The van der Waals surface area contributed by atoms with Crippen LogP contribution in [-0.2, 0) is 11.3 Å². The molecule has 1 unspecified atom stereocenters. The van der Waals surface area contributed by atoms with E-state index in [0.717, 1.165) is 0 Å². The highest BCUT2D eigenvalue weighted by Crippen LogP contribution is 2.15. The lowest BCUT2D eigenvalue weighted by Gasteiger charge is -2.07. The number of carbonyl (C=O) groups is 1. The van der Waals surface area contributed by atoms with Crippen LogP contribution in [0.15, 0.2) is 16.5 Å². The molecule has 82 valence electrons. The van der Waals surface area contributed by atoms with Crippen molar-refractivity contribution in [2.75, 3.05) is 0 Å². The Bertz CT molecular complexity index is 374. The summed E-state index contributed by atoms with van der Waals surface area (Å²) in [6.45, 7) is 1.82. The van der Waals surface area contributed by atoms with Gasteiger partial charge in [-0.3, -0.25) is 20.2 Å². The Morgan fingerprint density at radius 1 is 1.73 bits per heavy atom. The van der Waals surface area contributed by atoms with Crippen molar-refractivity contribution in [3.63, 3.8) is 0 Å². The van der Waals surface area contributed by atoms with Crippen molar-refractivity contribution in [2.24, 2.45) is 5.73 Å². The fraction of sp³-hybridized carbons (Fsp3) is 0.375. The molecule has 1 aromatic heterocycles. The molecule has 0 aliphatic heterocycles. The van der Waals surface area contributed by atoms with Gasteiger partial charge < -0.3 is 10.2 Å². The first-order valence-electron chi connectivity index (χ1n) is 4.26. The van der Waals surface area contributed by atoms with Gasteiger partial charge in [0.25, 0.3) is 0 Å². The van der Waals surface area contributed by atoms with Gasteiger partial charge >= 0.3 is 5.88 Å². The molecule has 0 bridgehead atoms. The third-order valence-electron chi connectivity index (χ3n) is 1.84. The van der Waals surface area contributed by atoms with Gasteiger partial charge in [-0.15, -0.1) is 0 Å². The Kier molecular flexibility index (Phi) is 3.40. The zero-order chi connectivity index (χ0) is 11.4. The summed E-state index contributed by atoms with van der Waals surface area (Å²) in [5.41, 5.74) is 5.01. The lowest BCUT2D eigenvalue weighted by molar-refractivity contribution is -0.402. The van der Waals surface area contributed by atoms with Gasteiger partial charge in [-0.25, -0.2) is 0 Å². The Morgan fingerprint density at radius 3 is 2.87 bits per heavy atom. The summed E-state index contributed by atoms with van der Waals surface area (Å²) in [6.07, 6.45) is 0. The Hall–Kier alpha value is -1.89. The second-order valence-electron chi connectivity index (χ2n) is 3.00. The molecule has 0 aromatic carbocycles. The van der Waals surface area contributed by atoms with Crippen LogP contribution in [0.2, 0.25) is 0 Å². The van der Waals surface area contributed by atoms with Gasteiger partial charge in [0.2, 0.25) is 5.91 Å². The predicted octanol–water partition coefficient (Wildman–Crippen LogP) is 0.151. The Balaban J connectivity index is 2.51. The molecule has 0 aliphatic carbocycles. The molecular formula is C8H11N3O4. The van der Waals surface area contributed by atoms with E-state index in [-0.39, 0.29) is 12.4 Å². The molecule has 0 saturated heterocycles. The van der Waals surface area contributed by atoms with Gasteiger partial charge in [-0.1, -0.05) is 0 Å². The summed E-state index contributed by atoms with van der Waals surface area (Å²) >= 11 is 0. The van der Waals surface area contributed by atoms with Crippen LogP contribution in [-0.4, -0.2) is 16.9 Å².